The lowest BCUT2D eigenvalue weighted by Gasteiger charge is -2.11. The zero-order valence-electron chi connectivity index (χ0n) is 15.5. The average Bonchev–Trinajstić information content (AvgIpc) is 2.88. The summed E-state index contributed by atoms with van der Waals surface area (Å²) in [5.41, 5.74) is 2.84. The second-order valence-corrected chi connectivity index (χ2v) is 6.71. The number of hydrogen-bond donors (Lipinski definition) is 1. The van der Waals surface area contributed by atoms with E-state index in [2.05, 4.69) is 10.4 Å². The summed E-state index contributed by atoms with van der Waals surface area (Å²) in [6.07, 6.45) is 0.802. The van der Waals surface area contributed by atoms with Gasteiger partial charge in [0.25, 0.3) is 5.91 Å². The molecule has 1 amide bonds. The van der Waals surface area contributed by atoms with Gasteiger partial charge in [-0.15, -0.1) is 0 Å². The van der Waals surface area contributed by atoms with E-state index in [0.717, 1.165) is 17.5 Å². The van der Waals surface area contributed by atoms with Crippen LogP contribution in [0, 0.1) is 13.8 Å². The summed E-state index contributed by atoms with van der Waals surface area (Å²) in [5.74, 6) is -0.990. The number of esters is 1. The highest BCUT2D eigenvalue weighted by molar-refractivity contribution is 6.32. The summed E-state index contributed by atoms with van der Waals surface area (Å²) in [6.45, 7) is 7.65. The van der Waals surface area contributed by atoms with Crippen LogP contribution in [0.5, 0.6) is 0 Å². The van der Waals surface area contributed by atoms with Crippen molar-refractivity contribution in [1.29, 1.82) is 0 Å². The van der Waals surface area contributed by atoms with E-state index in [0.29, 0.717) is 12.2 Å². The van der Waals surface area contributed by atoms with E-state index in [1.165, 1.54) is 0 Å². The number of ether oxygens (including phenoxy) is 1. The largest absolute Gasteiger partial charge is 0.452 e. The molecule has 0 aliphatic rings. The minimum absolute atomic E-state index is 0.0313. The second-order valence-electron chi connectivity index (χ2n) is 6.35. The number of carbonyl (C=O) groups is 2. The quantitative estimate of drug-likeness (QED) is 0.751. The number of aromatic nitrogens is 2. The number of nitrogens with zero attached hydrogens (tertiary/aromatic N) is 2. The summed E-state index contributed by atoms with van der Waals surface area (Å²) in [4.78, 5) is 24.1. The fourth-order valence-corrected chi connectivity index (χ4v) is 2.69. The Bertz CT molecular complexity index is 784. The first-order valence-corrected chi connectivity index (χ1v) is 8.94. The number of halogens is 1. The Morgan fingerprint density at radius 2 is 1.92 bits per heavy atom. The first-order chi connectivity index (χ1) is 12.3. The fraction of sp³-hybridized carbons (Fsp3) is 0.421. The van der Waals surface area contributed by atoms with Gasteiger partial charge in [0.05, 0.1) is 12.2 Å². The van der Waals surface area contributed by atoms with E-state index in [4.69, 9.17) is 16.3 Å². The van der Waals surface area contributed by atoms with Gasteiger partial charge in [0.2, 0.25) is 0 Å². The highest BCUT2D eigenvalue weighted by atomic mass is 35.5. The lowest BCUT2D eigenvalue weighted by molar-refractivity contribution is -0.124. The van der Waals surface area contributed by atoms with Crippen molar-refractivity contribution in [2.24, 2.45) is 0 Å². The summed E-state index contributed by atoms with van der Waals surface area (Å²) < 4.78 is 6.64. The molecule has 0 saturated heterocycles. The van der Waals surface area contributed by atoms with Crippen LogP contribution in [0.2, 0.25) is 5.15 Å². The van der Waals surface area contributed by atoms with Gasteiger partial charge in [0, 0.05) is 6.04 Å². The summed E-state index contributed by atoms with van der Waals surface area (Å²) in [5, 5.41) is 7.26. The van der Waals surface area contributed by atoms with Gasteiger partial charge in [-0.05, 0) is 32.8 Å². The first kappa shape index (κ1) is 20.0. The number of carbonyl (C=O) groups excluding carboxylic acids is 2. The molecule has 26 heavy (non-hydrogen) atoms. The average molecular weight is 378 g/mol. The maximum absolute atomic E-state index is 12.3. The van der Waals surface area contributed by atoms with E-state index in [-0.39, 0.29) is 29.3 Å². The van der Waals surface area contributed by atoms with Gasteiger partial charge in [-0.2, -0.15) is 5.10 Å². The molecule has 0 bridgehead atoms. The Hall–Kier alpha value is -2.34. The molecular formula is C19H24ClN3O3. The monoisotopic (exact) mass is 377 g/mol. The standard InChI is InChI=1S/C19H24ClN3O3/c1-5-13(3)21-16(24)11-26-19(25)17-14(4)22-23(18(17)20)10-15-8-6-12(2)7-9-15/h6-9,13H,5,10-11H2,1-4H3,(H,21,24)/t13-/m1/s1. The molecule has 2 rings (SSSR count). The van der Waals surface area contributed by atoms with Crippen molar-refractivity contribution < 1.29 is 14.3 Å². The van der Waals surface area contributed by atoms with Crippen LogP contribution < -0.4 is 5.32 Å². The van der Waals surface area contributed by atoms with Crippen molar-refractivity contribution in [3.63, 3.8) is 0 Å². The van der Waals surface area contributed by atoms with E-state index in [1.54, 1.807) is 11.6 Å². The van der Waals surface area contributed by atoms with Crippen molar-refractivity contribution in [3.8, 4) is 0 Å². The molecule has 0 saturated carbocycles. The molecular weight excluding hydrogens is 354 g/mol. The Morgan fingerprint density at radius 1 is 1.27 bits per heavy atom. The number of aryl methyl sites for hydroxylation is 2. The number of rotatable bonds is 7. The number of nitrogens with one attached hydrogen (secondary N) is 1. The van der Waals surface area contributed by atoms with Crippen LogP contribution in [-0.2, 0) is 16.1 Å². The van der Waals surface area contributed by atoms with Crippen LogP contribution >= 0.6 is 11.6 Å². The maximum Gasteiger partial charge on any atom is 0.343 e. The molecule has 140 valence electrons. The number of hydrogen-bond acceptors (Lipinski definition) is 4. The Kier molecular flexibility index (Phi) is 6.80. The zero-order chi connectivity index (χ0) is 19.3. The van der Waals surface area contributed by atoms with Crippen molar-refractivity contribution in [2.75, 3.05) is 6.61 Å². The Balaban J connectivity index is 2.05. The molecule has 0 unspecified atom stereocenters. The van der Waals surface area contributed by atoms with E-state index in [1.807, 2.05) is 45.0 Å². The van der Waals surface area contributed by atoms with Gasteiger partial charge in [-0.1, -0.05) is 48.4 Å². The molecule has 1 N–H and O–H groups in total. The second kappa shape index (κ2) is 8.85. The van der Waals surface area contributed by atoms with Crippen LogP contribution in [0.4, 0.5) is 0 Å². The van der Waals surface area contributed by atoms with Gasteiger partial charge in [0.15, 0.2) is 6.61 Å². The normalized spacial score (nSPS) is 11.9. The van der Waals surface area contributed by atoms with E-state index < -0.39 is 5.97 Å². The molecule has 1 aromatic heterocycles. The van der Waals surface area contributed by atoms with Gasteiger partial charge in [-0.25, -0.2) is 9.48 Å². The Morgan fingerprint density at radius 3 is 2.54 bits per heavy atom. The minimum Gasteiger partial charge on any atom is -0.452 e. The summed E-state index contributed by atoms with van der Waals surface area (Å²) in [7, 11) is 0. The smallest absolute Gasteiger partial charge is 0.343 e. The van der Waals surface area contributed by atoms with Crippen LogP contribution in [0.3, 0.4) is 0 Å². The first-order valence-electron chi connectivity index (χ1n) is 8.56. The van der Waals surface area contributed by atoms with Gasteiger partial charge >= 0.3 is 5.97 Å². The van der Waals surface area contributed by atoms with Crippen LogP contribution in [0.1, 0.15) is 47.4 Å². The molecule has 0 aliphatic heterocycles. The molecule has 0 radical (unpaired) electrons. The predicted octanol–water partition coefficient (Wildman–Crippen LogP) is 3.27. The molecule has 1 atom stereocenters. The van der Waals surface area contributed by atoms with Gasteiger partial charge in [-0.3, -0.25) is 4.79 Å². The topological polar surface area (TPSA) is 73.2 Å². The summed E-state index contributed by atoms with van der Waals surface area (Å²) in [6, 6.07) is 8.01. The lowest BCUT2D eigenvalue weighted by atomic mass is 10.1. The number of amides is 1. The third kappa shape index (κ3) is 5.08. The van der Waals surface area contributed by atoms with Gasteiger partial charge < -0.3 is 10.1 Å². The SMILES string of the molecule is CC[C@@H](C)NC(=O)COC(=O)c1c(C)nn(Cc2ccc(C)cc2)c1Cl. The minimum atomic E-state index is -0.651. The molecule has 0 aliphatic carbocycles. The van der Waals surface area contributed by atoms with E-state index in [9.17, 15) is 9.59 Å². The molecule has 0 fully saturated rings. The maximum atomic E-state index is 12.3. The van der Waals surface area contributed by atoms with Crippen molar-refractivity contribution >= 4 is 23.5 Å². The Labute approximate surface area is 158 Å². The molecule has 1 heterocycles. The molecule has 2 aromatic rings. The van der Waals surface area contributed by atoms with Crippen LogP contribution in [-0.4, -0.2) is 34.3 Å². The molecule has 6 nitrogen and oxygen atoms in total. The fourth-order valence-electron chi connectivity index (χ4n) is 2.38. The predicted molar refractivity (Wildman–Crippen MR) is 100 cm³/mol. The number of benzene rings is 1. The highest BCUT2D eigenvalue weighted by Gasteiger charge is 2.22. The molecule has 7 heteroatoms. The van der Waals surface area contributed by atoms with Crippen molar-refractivity contribution in [3.05, 3.63) is 51.8 Å². The third-order valence-electron chi connectivity index (χ3n) is 4.08. The van der Waals surface area contributed by atoms with Crippen molar-refractivity contribution in [2.45, 2.75) is 46.7 Å². The molecule has 1 aromatic carbocycles. The van der Waals surface area contributed by atoms with Crippen LogP contribution in [0.15, 0.2) is 24.3 Å². The van der Waals surface area contributed by atoms with E-state index >= 15 is 0 Å². The summed E-state index contributed by atoms with van der Waals surface area (Å²) >= 11 is 6.33. The third-order valence-corrected chi connectivity index (χ3v) is 4.46. The van der Waals surface area contributed by atoms with Crippen molar-refractivity contribution in [1.82, 2.24) is 15.1 Å². The zero-order valence-corrected chi connectivity index (χ0v) is 16.3. The van der Waals surface area contributed by atoms with Crippen LogP contribution in [0.25, 0.3) is 0 Å². The highest BCUT2D eigenvalue weighted by Crippen LogP contribution is 2.22. The van der Waals surface area contributed by atoms with Gasteiger partial charge in [0.1, 0.15) is 10.7 Å². The lowest BCUT2D eigenvalue weighted by Crippen LogP contribution is -2.35. The molecule has 0 spiro atoms.